The summed E-state index contributed by atoms with van der Waals surface area (Å²) in [5.41, 5.74) is 1.79. The number of thiazole rings is 1. The molecule has 0 saturated heterocycles. The zero-order valence-corrected chi connectivity index (χ0v) is 12.9. The van der Waals surface area contributed by atoms with Gasteiger partial charge in [-0.1, -0.05) is 44.5 Å². The molecule has 0 amide bonds. The molecule has 2 rings (SSSR count). The van der Waals surface area contributed by atoms with Gasteiger partial charge in [-0.25, -0.2) is 4.98 Å². The highest BCUT2D eigenvalue weighted by Gasteiger charge is 2.20. The molecular weight excluding hydrogens is 278 g/mol. The van der Waals surface area contributed by atoms with E-state index in [2.05, 4.69) is 25.8 Å². The lowest BCUT2D eigenvalue weighted by atomic mass is 9.98. The molecular formula is C15H18ClNOS. The van der Waals surface area contributed by atoms with E-state index < -0.39 is 6.10 Å². The molecule has 1 atom stereocenters. The van der Waals surface area contributed by atoms with Gasteiger partial charge < -0.3 is 5.11 Å². The minimum atomic E-state index is -0.578. The van der Waals surface area contributed by atoms with E-state index in [1.807, 2.05) is 29.6 Å². The number of halogens is 1. The van der Waals surface area contributed by atoms with Gasteiger partial charge in [0.05, 0.1) is 10.7 Å². The van der Waals surface area contributed by atoms with Crippen LogP contribution in [0.1, 0.15) is 43.1 Å². The maximum Gasteiger partial charge on any atom is 0.101 e. The quantitative estimate of drug-likeness (QED) is 0.912. The molecule has 0 aliphatic carbocycles. The highest BCUT2D eigenvalue weighted by atomic mass is 35.5. The lowest BCUT2D eigenvalue weighted by molar-refractivity contribution is 0.174. The highest BCUT2D eigenvalue weighted by Crippen LogP contribution is 2.29. The minimum Gasteiger partial charge on any atom is -0.386 e. The van der Waals surface area contributed by atoms with Gasteiger partial charge in [-0.2, -0.15) is 0 Å². The molecule has 0 bridgehead atoms. The van der Waals surface area contributed by atoms with E-state index in [0.717, 1.165) is 16.3 Å². The van der Waals surface area contributed by atoms with Crippen LogP contribution in [-0.4, -0.2) is 10.1 Å². The summed E-state index contributed by atoms with van der Waals surface area (Å²) in [7, 11) is 0. The van der Waals surface area contributed by atoms with Crippen LogP contribution in [0.4, 0.5) is 0 Å². The molecule has 1 aromatic carbocycles. The van der Waals surface area contributed by atoms with Gasteiger partial charge in [0, 0.05) is 22.2 Å². The average Bonchev–Trinajstić information content (AvgIpc) is 2.77. The average molecular weight is 296 g/mol. The Labute approximate surface area is 123 Å². The van der Waals surface area contributed by atoms with E-state index in [0.29, 0.717) is 11.4 Å². The van der Waals surface area contributed by atoms with Gasteiger partial charge >= 0.3 is 0 Å². The van der Waals surface area contributed by atoms with Gasteiger partial charge in [-0.15, -0.1) is 11.3 Å². The molecule has 2 aromatic rings. The molecule has 0 saturated carbocycles. The normalized spacial score (nSPS) is 13.5. The first-order chi connectivity index (χ1) is 8.86. The van der Waals surface area contributed by atoms with Crippen molar-refractivity contribution in [2.75, 3.05) is 0 Å². The van der Waals surface area contributed by atoms with Crippen molar-refractivity contribution in [3.8, 4) is 0 Å². The summed E-state index contributed by atoms with van der Waals surface area (Å²) >= 11 is 7.54. The zero-order valence-electron chi connectivity index (χ0n) is 11.4. The maximum atomic E-state index is 10.2. The first kappa shape index (κ1) is 14.5. The van der Waals surface area contributed by atoms with Crippen molar-refractivity contribution in [2.45, 2.75) is 38.7 Å². The minimum absolute atomic E-state index is 0.0265. The highest BCUT2D eigenvalue weighted by molar-refractivity contribution is 7.09. The van der Waals surface area contributed by atoms with Crippen molar-refractivity contribution in [1.29, 1.82) is 0 Å². The number of hydrogen-bond acceptors (Lipinski definition) is 3. The van der Waals surface area contributed by atoms with Crippen LogP contribution < -0.4 is 0 Å². The Kier molecular flexibility index (Phi) is 4.29. The molecule has 1 N–H and O–H groups in total. The second-order valence-electron chi connectivity index (χ2n) is 5.68. The van der Waals surface area contributed by atoms with Gasteiger partial charge in [-0.05, 0) is 17.7 Å². The second-order valence-corrected chi connectivity index (χ2v) is 6.97. The second kappa shape index (κ2) is 5.61. The number of aliphatic hydroxyl groups is 1. The molecule has 4 heteroatoms. The fraction of sp³-hybridized carbons (Fsp3) is 0.400. The van der Waals surface area contributed by atoms with Crippen LogP contribution in [0, 0.1) is 0 Å². The van der Waals surface area contributed by atoms with E-state index in [-0.39, 0.29) is 5.41 Å². The van der Waals surface area contributed by atoms with Crippen molar-refractivity contribution in [3.63, 3.8) is 0 Å². The van der Waals surface area contributed by atoms with Gasteiger partial charge in [-0.3, -0.25) is 0 Å². The molecule has 0 aliphatic rings. The zero-order chi connectivity index (χ0) is 14.0. The first-order valence-corrected chi connectivity index (χ1v) is 7.50. The summed E-state index contributed by atoms with van der Waals surface area (Å²) in [5, 5.41) is 13.9. The van der Waals surface area contributed by atoms with Crippen molar-refractivity contribution in [2.24, 2.45) is 0 Å². The third-order valence-corrected chi connectivity index (χ3v) is 4.34. The molecule has 1 unspecified atom stereocenters. The Bertz CT molecular complexity index is 559. The smallest absolute Gasteiger partial charge is 0.101 e. The monoisotopic (exact) mass is 295 g/mol. The Hall–Kier alpha value is -0.900. The number of aliphatic hydroxyl groups excluding tert-OH is 1. The van der Waals surface area contributed by atoms with Gasteiger partial charge in [0.1, 0.15) is 6.10 Å². The summed E-state index contributed by atoms with van der Waals surface area (Å²) in [6.07, 6.45) is -0.0424. The number of hydrogen-bond donors (Lipinski definition) is 1. The van der Waals surface area contributed by atoms with Crippen molar-refractivity contribution >= 4 is 22.9 Å². The SMILES string of the molecule is CC(C)(C)c1nc(C(O)Cc2cccc(Cl)c2)cs1. The molecule has 2 nitrogen and oxygen atoms in total. The predicted octanol–water partition coefficient (Wildman–Crippen LogP) is 4.37. The largest absolute Gasteiger partial charge is 0.386 e. The maximum absolute atomic E-state index is 10.2. The van der Waals surface area contributed by atoms with Crippen LogP contribution >= 0.6 is 22.9 Å². The molecule has 0 spiro atoms. The van der Waals surface area contributed by atoms with Crippen LogP contribution in [0.2, 0.25) is 5.02 Å². The third kappa shape index (κ3) is 3.78. The Morgan fingerprint density at radius 1 is 1.37 bits per heavy atom. The van der Waals surface area contributed by atoms with E-state index in [9.17, 15) is 5.11 Å². The molecule has 102 valence electrons. The van der Waals surface area contributed by atoms with Crippen molar-refractivity contribution < 1.29 is 5.11 Å². The summed E-state index contributed by atoms with van der Waals surface area (Å²) in [6, 6.07) is 7.57. The Morgan fingerprint density at radius 3 is 2.68 bits per heavy atom. The van der Waals surface area contributed by atoms with Crippen molar-refractivity contribution in [1.82, 2.24) is 4.98 Å². The van der Waals surface area contributed by atoms with Crippen LogP contribution in [0.5, 0.6) is 0 Å². The standard InChI is InChI=1S/C15H18ClNOS/c1-15(2,3)14-17-12(9-19-14)13(18)8-10-5-4-6-11(16)7-10/h4-7,9,13,18H,8H2,1-3H3. The molecule has 19 heavy (non-hydrogen) atoms. The molecule has 1 heterocycles. The number of aromatic nitrogens is 1. The number of benzene rings is 1. The summed E-state index contributed by atoms with van der Waals surface area (Å²) in [4.78, 5) is 4.54. The fourth-order valence-corrected chi connectivity index (χ4v) is 2.94. The molecule has 1 aromatic heterocycles. The number of rotatable bonds is 3. The van der Waals surface area contributed by atoms with E-state index >= 15 is 0 Å². The third-order valence-electron chi connectivity index (χ3n) is 2.82. The molecule has 0 fully saturated rings. The van der Waals surface area contributed by atoms with Crippen LogP contribution in [0.15, 0.2) is 29.6 Å². The summed E-state index contributed by atoms with van der Waals surface area (Å²) < 4.78 is 0. The van der Waals surface area contributed by atoms with Crippen molar-refractivity contribution in [3.05, 3.63) is 50.9 Å². The van der Waals surface area contributed by atoms with E-state index in [1.165, 1.54) is 0 Å². The predicted molar refractivity (Wildman–Crippen MR) is 80.9 cm³/mol. The molecule has 0 radical (unpaired) electrons. The van der Waals surface area contributed by atoms with Gasteiger partial charge in [0.25, 0.3) is 0 Å². The van der Waals surface area contributed by atoms with E-state index in [1.54, 1.807) is 11.3 Å². The summed E-state index contributed by atoms with van der Waals surface area (Å²) in [5.74, 6) is 0. The summed E-state index contributed by atoms with van der Waals surface area (Å²) in [6.45, 7) is 6.37. The van der Waals surface area contributed by atoms with E-state index in [4.69, 9.17) is 11.6 Å². The lowest BCUT2D eigenvalue weighted by Gasteiger charge is -2.14. The van der Waals surface area contributed by atoms with Gasteiger partial charge in [0.2, 0.25) is 0 Å². The van der Waals surface area contributed by atoms with Crippen LogP contribution in [0.3, 0.4) is 0 Å². The Morgan fingerprint density at radius 2 is 2.11 bits per heavy atom. The topological polar surface area (TPSA) is 33.1 Å². The van der Waals surface area contributed by atoms with Crippen LogP contribution in [-0.2, 0) is 11.8 Å². The fourth-order valence-electron chi connectivity index (χ4n) is 1.78. The lowest BCUT2D eigenvalue weighted by Crippen LogP contribution is -2.11. The molecule has 0 aliphatic heterocycles. The Balaban J connectivity index is 2.12. The van der Waals surface area contributed by atoms with Gasteiger partial charge in [0.15, 0.2) is 0 Å². The number of nitrogens with zero attached hydrogens (tertiary/aromatic N) is 1. The first-order valence-electron chi connectivity index (χ1n) is 6.24. The van der Waals surface area contributed by atoms with Crippen LogP contribution in [0.25, 0.3) is 0 Å².